The van der Waals surface area contributed by atoms with Crippen LogP contribution < -0.4 is 5.32 Å². The lowest BCUT2D eigenvalue weighted by atomic mass is 10.0. The SMILES string of the molecule is CCCCCCCC(=O)NC(c1cccnc1)C(C)OP(=O)(O)O. The maximum Gasteiger partial charge on any atom is 0.469 e. The highest BCUT2D eigenvalue weighted by Crippen LogP contribution is 2.40. The monoisotopic (exact) mass is 358 g/mol. The number of nitrogens with one attached hydrogen (secondary N) is 1. The summed E-state index contributed by atoms with van der Waals surface area (Å²) in [6.07, 6.45) is 7.82. The van der Waals surface area contributed by atoms with E-state index in [4.69, 9.17) is 14.3 Å². The summed E-state index contributed by atoms with van der Waals surface area (Å²) in [6, 6.07) is 2.76. The van der Waals surface area contributed by atoms with Crippen LogP contribution in [0.3, 0.4) is 0 Å². The Morgan fingerprint density at radius 1 is 1.33 bits per heavy atom. The maximum atomic E-state index is 12.1. The molecule has 8 heteroatoms. The molecule has 0 aliphatic carbocycles. The molecule has 0 saturated heterocycles. The van der Waals surface area contributed by atoms with Gasteiger partial charge in [0.2, 0.25) is 5.91 Å². The zero-order valence-corrected chi connectivity index (χ0v) is 15.1. The second-order valence-corrected chi connectivity index (χ2v) is 6.99. The third-order valence-electron chi connectivity index (χ3n) is 3.64. The number of rotatable bonds is 11. The number of pyridine rings is 1. The molecule has 0 saturated carbocycles. The van der Waals surface area contributed by atoms with E-state index in [1.54, 1.807) is 24.5 Å². The van der Waals surface area contributed by atoms with Gasteiger partial charge in [-0.2, -0.15) is 0 Å². The van der Waals surface area contributed by atoms with Crippen molar-refractivity contribution in [3.8, 4) is 0 Å². The van der Waals surface area contributed by atoms with Gasteiger partial charge in [0.1, 0.15) is 0 Å². The van der Waals surface area contributed by atoms with E-state index in [1.807, 2.05) is 0 Å². The van der Waals surface area contributed by atoms with Gasteiger partial charge in [-0.3, -0.25) is 14.3 Å². The lowest BCUT2D eigenvalue weighted by molar-refractivity contribution is -0.122. The van der Waals surface area contributed by atoms with Gasteiger partial charge in [0.15, 0.2) is 0 Å². The average Bonchev–Trinajstić information content (AvgIpc) is 2.51. The fraction of sp³-hybridized carbons (Fsp3) is 0.625. The standard InChI is InChI=1S/C16H27N2O5P/c1-3-4-5-6-7-10-15(19)18-16(13(2)23-24(20,21)22)14-9-8-11-17-12-14/h8-9,11-13,16H,3-7,10H2,1-2H3,(H,18,19)(H2,20,21,22). The van der Waals surface area contributed by atoms with Crippen molar-refractivity contribution in [3.05, 3.63) is 30.1 Å². The summed E-state index contributed by atoms with van der Waals surface area (Å²) in [4.78, 5) is 34.1. The summed E-state index contributed by atoms with van der Waals surface area (Å²) in [6.45, 7) is 3.64. The van der Waals surface area contributed by atoms with Crippen LogP contribution in [0.2, 0.25) is 0 Å². The second-order valence-electron chi connectivity index (χ2n) is 5.80. The highest BCUT2D eigenvalue weighted by atomic mass is 31.2. The van der Waals surface area contributed by atoms with Crippen molar-refractivity contribution in [2.45, 2.75) is 64.5 Å². The fourth-order valence-corrected chi connectivity index (χ4v) is 3.00. The van der Waals surface area contributed by atoms with Crippen molar-refractivity contribution in [3.63, 3.8) is 0 Å². The van der Waals surface area contributed by atoms with Gasteiger partial charge in [-0.05, 0) is 25.0 Å². The molecule has 7 nitrogen and oxygen atoms in total. The molecule has 1 aromatic heterocycles. The molecule has 136 valence electrons. The van der Waals surface area contributed by atoms with Gasteiger partial charge in [-0.1, -0.05) is 38.7 Å². The molecule has 1 heterocycles. The zero-order valence-electron chi connectivity index (χ0n) is 14.2. The molecule has 0 fully saturated rings. The molecule has 0 radical (unpaired) electrons. The molecular formula is C16H27N2O5P. The van der Waals surface area contributed by atoms with Crippen LogP contribution in [0, 0.1) is 0 Å². The number of hydrogen-bond acceptors (Lipinski definition) is 4. The number of carbonyl (C=O) groups excluding carboxylic acids is 1. The molecular weight excluding hydrogens is 331 g/mol. The Balaban J connectivity index is 2.65. The number of aromatic nitrogens is 1. The van der Waals surface area contributed by atoms with Crippen molar-refractivity contribution in [1.82, 2.24) is 10.3 Å². The predicted molar refractivity (Wildman–Crippen MR) is 91.1 cm³/mol. The number of nitrogens with zero attached hydrogens (tertiary/aromatic N) is 1. The van der Waals surface area contributed by atoms with E-state index in [-0.39, 0.29) is 5.91 Å². The molecule has 0 aliphatic heterocycles. The Morgan fingerprint density at radius 2 is 2.04 bits per heavy atom. The highest BCUT2D eigenvalue weighted by molar-refractivity contribution is 7.46. The summed E-state index contributed by atoms with van der Waals surface area (Å²) in [5.74, 6) is -0.165. The molecule has 0 aliphatic rings. The topological polar surface area (TPSA) is 109 Å². The van der Waals surface area contributed by atoms with Gasteiger partial charge in [0.25, 0.3) is 0 Å². The Hall–Kier alpha value is -1.27. The van der Waals surface area contributed by atoms with E-state index >= 15 is 0 Å². The largest absolute Gasteiger partial charge is 0.469 e. The first-order valence-corrected chi connectivity index (χ1v) is 9.79. The van der Waals surface area contributed by atoms with Gasteiger partial charge in [-0.25, -0.2) is 4.57 Å². The molecule has 0 bridgehead atoms. The molecule has 24 heavy (non-hydrogen) atoms. The third-order valence-corrected chi connectivity index (χ3v) is 4.25. The minimum absolute atomic E-state index is 0.165. The number of hydrogen-bond donors (Lipinski definition) is 3. The van der Waals surface area contributed by atoms with Crippen LogP contribution in [0.5, 0.6) is 0 Å². The van der Waals surface area contributed by atoms with Crippen molar-refractivity contribution in [1.29, 1.82) is 0 Å². The van der Waals surface area contributed by atoms with Crippen molar-refractivity contribution < 1.29 is 23.7 Å². The van der Waals surface area contributed by atoms with Crippen molar-refractivity contribution in [2.24, 2.45) is 0 Å². The van der Waals surface area contributed by atoms with Crippen LogP contribution in [-0.2, 0) is 13.9 Å². The first-order chi connectivity index (χ1) is 11.3. The number of phosphoric acid groups is 1. The second kappa shape index (κ2) is 10.6. The normalized spacial score (nSPS) is 14.2. The van der Waals surface area contributed by atoms with Gasteiger partial charge in [0, 0.05) is 18.8 Å². The Kier molecular flexibility index (Phi) is 9.14. The Bertz CT molecular complexity index is 535. The van der Waals surface area contributed by atoms with E-state index in [2.05, 4.69) is 17.2 Å². The van der Waals surface area contributed by atoms with E-state index in [9.17, 15) is 9.36 Å². The molecule has 3 N–H and O–H groups in total. The van der Waals surface area contributed by atoms with Crippen LogP contribution in [0.4, 0.5) is 0 Å². The van der Waals surface area contributed by atoms with E-state index in [0.29, 0.717) is 12.0 Å². The van der Waals surface area contributed by atoms with Crippen molar-refractivity contribution >= 4 is 13.7 Å². The van der Waals surface area contributed by atoms with Gasteiger partial charge >= 0.3 is 7.82 Å². The van der Waals surface area contributed by atoms with Crippen LogP contribution in [0.15, 0.2) is 24.5 Å². The minimum atomic E-state index is -4.65. The fourth-order valence-electron chi connectivity index (χ4n) is 2.44. The molecule has 2 unspecified atom stereocenters. The van der Waals surface area contributed by atoms with E-state index in [0.717, 1.165) is 32.1 Å². The number of amides is 1. The van der Waals surface area contributed by atoms with Crippen LogP contribution in [-0.4, -0.2) is 26.8 Å². The number of unbranched alkanes of at least 4 members (excludes halogenated alkanes) is 4. The summed E-state index contributed by atoms with van der Waals surface area (Å²) in [7, 11) is -4.65. The molecule has 0 aromatic carbocycles. The average molecular weight is 358 g/mol. The Labute approximate surface area is 143 Å². The van der Waals surface area contributed by atoms with Crippen LogP contribution >= 0.6 is 7.82 Å². The first-order valence-electron chi connectivity index (χ1n) is 8.26. The third kappa shape index (κ3) is 8.55. The Morgan fingerprint density at radius 3 is 2.62 bits per heavy atom. The molecule has 1 rings (SSSR count). The number of carbonyl (C=O) groups is 1. The lowest BCUT2D eigenvalue weighted by Gasteiger charge is -2.25. The number of phosphoric ester groups is 1. The van der Waals surface area contributed by atoms with Gasteiger partial charge in [-0.15, -0.1) is 0 Å². The van der Waals surface area contributed by atoms with Crippen LogP contribution in [0.25, 0.3) is 0 Å². The van der Waals surface area contributed by atoms with Crippen LogP contribution in [0.1, 0.15) is 64.0 Å². The summed E-state index contributed by atoms with van der Waals surface area (Å²) >= 11 is 0. The highest BCUT2D eigenvalue weighted by Gasteiger charge is 2.28. The maximum absolute atomic E-state index is 12.1. The predicted octanol–water partition coefficient (Wildman–Crippen LogP) is 3.10. The van der Waals surface area contributed by atoms with Crippen molar-refractivity contribution in [2.75, 3.05) is 0 Å². The zero-order chi connectivity index (χ0) is 18.0. The van der Waals surface area contributed by atoms with Gasteiger partial charge < -0.3 is 15.1 Å². The first kappa shape index (κ1) is 20.8. The van der Waals surface area contributed by atoms with E-state index in [1.165, 1.54) is 6.92 Å². The summed E-state index contributed by atoms with van der Waals surface area (Å²) < 4.78 is 15.8. The molecule has 1 aromatic rings. The molecule has 1 amide bonds. The molecule has 0 spiro atoms. The quantitative estimate of drug-likeness (QED) is 0.414. The smallest absolute Gasteiger partial charge is 0.347 e. The minimum Gasteiger partial charge on any atom is -0.347 e. The summed E-state index contributed by atoms with van der Waals surface area (Å²) in [5.41, 5.74) is 0.637. The summed E-state index contributed by atoms with van der Waals surface area (Å²) in [5, 5.41) is 2.80. The van der Waals surface area contributed by atoms with Gasteiger partial charge in [0.05, 0.1) is 12.1 Å². The molecule has 2 atom stereocenters. The lowest BCUT2D eigenvalue weighted by Crippen LogP contribution is -2.36. The van der Waals surface area contributed by atoms with E-state index < -0.39 is 20.0 Å².